The van der Waals surface area contributed by atoms with Crippen molar-refractivity contribution >= 4 is 46.5 Å². The molecule has 2 aromatic rings. The Morgan fingerprint density at radius 3 is 2.73 bits per heavy atom. The maximum absolute atomic E-state index is 8.83. The highest BCUT2D eigenvalue weighted by atomic mass is 35.5. The summed E-state index contributed by atoms with van der Waals surface area (Å²) in [6.07, 6.45) is 4.86. The zero-order chi connectivity index (χ0) is 16.1. The Balaban J connectivity index is 2.24. The fourth-order valence-corrected chi connectivity index (χ4v) is 2.18. The molecule has 0 unspecified atom stereocenters. The lowest BCUT2D eigenvalue weighted by molar-refractivity contribution is 0.572. The molecule has 0 atom stereocenters. The molecule has 3 nitrogen and oxygen atoms in total. The van der Waals surface area contributed by atoms with Gasteiger partial charge < -0.3 is 10.2 Å². The van der Waals surface area contributed by atoms with E-state index >= 15 is 0 Å². The fourth-order valence-electron chi connectivity index (χ4n) is 1.69. The number of furan rings is 1. The molecular formula is C16H10Cl2N2OS. The van der Waals surface area contributed by atoms with Crippen molar-refractivity contribution in [1.29, 1.82) is 5.26 Å². The maximum atomic E-state index is 8.83. The lowest BCUT2D eigenvalue weighted by Gasteiger charge is -2.00. The summed E-state index contributed by atoms with van der Waals surface area (Å²) in [5, 5.41) is 9.96. The van der Waals surface area contributed by atoms with Gasteiger partial charge in [-0.15, -0.1) is 0 Å². The van der Waals surface area contributed by atoms with Crippen molar-refractivity contribution in [3.05, 3.63) is 63.9 Å². The first-order valence-electron chi connectivity index (χ1n) is 6.15. The highest BCUT2D eigenvalue weighted by molar-refractivity contribution is 7.80. The molecular weight excluding hydrogens is 339 g/mol. The van der Waals surface area contributed by atoms with E-state index in [4.69, 9.17) is 50.8 Å². The van der Waals surface area contributed by atoms with Crippen LogP contribution in [0.25, 0.3) is 17.4 Å². The third-order valence-electron chi connectivity index (χ3n) is 2.73. The van der Waals surface area contributed by atoms with Crippen LogP contribution >= 0.6 is 35.4 Å². The van der Waals surface area contributed by atoms with E-state index in [1.807, 2.05) is 6.07 Å². The molecule has 1 aromatic carbocycles. The highest BCUT2D eigenvalue weighted by Gasteiger charge is 2.08. The molecule has 110 valence electrons. The average molecular weight is 349 g/mol. The van der Waals surface area contributed by atoms with Crippen molar-refractivity contribution in [2.24, 2.45) is 5.73 Å². The van der Waals surface area contributed by atoms with Gasteiger partial charge in [0.1, 0.15) is 22.6 Å². The smallest absolute Gasteiger partial charge is 0.136 e. The van der Waals surface area contributed by atoms with E-state index in [2.05, 4.69) is 0 Å². The second-order valence-corrected chi connectivity index (χ2v) is 5.53. The molecule has 6 heteroatoms. The van der Waals surface area contributed by atoms with E-state index in [0.717, 1.165) is 0 Å². The first-order chi connectivity index (χ1) is 10.5. The van der Waals surface area contributed by atoms with Crippen LogP contribution in [-0.4, -0.2) is 4.99 Å². The molecule has 0 aliphatic carbocycles. The molecule has 0 spiro atoms. The molecule has 1 aromatic heterocycles. The van der Waals surface area contributed by atoms with Crippen molar-refractivity contribution in [2.75, 3.05) is 0 Å². The molecule has 0 radical (unpaired) electrons. The van der Waals surface area contributed by atoms with E-state index < -0.39 is 0 Å². The molecule has 22 heavy (non-hydrogen) atoms. The van der Waals surface area contributed by atoms with E-state index in [0.29, 0.717) is 27.1 Å². The molecule has 0 aliphatic rings. The third kappa shape index (κ3) is 3.99. The Kier molecular flexibility index (Phi) is 5.40. The molecule has 0 saturated heterocycles. The number of nitriles is 1. The lowest BCUT2D eigenvalue weighted by atomic mass is 10.2. The van der Waals surface area contributed by atoms with Crippen LogP contribution in [0.4, 0.5) is 0 Å². The Morgan fingerprint density at radius 2 is 2.05 bits per heavy atom. The van der Waals surface area contributed by atoms with Crippen molar-refractivity contribution in [1.82, 2.24) is 0 Å². The van der Waals surface area contributed by atoms with Crippen LogP contribution in [0.2, 0.25) is 10.0 Å². The third-order valence-corrected chi connectivity index (χ3v) is 3.51. The normalized spacial score (nSPS) is 11.6. The maximum Gasteiger partial charge on any atom is 0.136 e. The summed E-state index contributed by atoms with van der Waals surface area (Å²) in [6, 6.07) is 10.6. The summed E-state index contributed by atoms with van der Waals surface area (Å²) in [4.78, 5) is 0.0537. The van der Waals surface area contributed by atoms with Crippen LogP contribution in [0.15, 0.2) is 52.5 Å². The van der Waals surface area contributed by atoms with E-state index in [-0.39, 0.29) is 10.6 Å². The predicted octanol–water partition coefficient (Wildman–Crippen LogP) is 5.00. The van der Waals surface area contributed by atoms with Crippen LogP contribution < -0.4 is 5.73 Å². The Hall–Kier alpha value is -2.06. The number of thiocarbonyl (C=S) groups is 1. The number of allylic oxidation sites excluding steroid dienone is 2. The Morgan fingerprint density at radius 1 is 1.27 bits per heavy atom. The van der Waals surface area contributed by atoms with E-state index in [1.165, 1.54) is 6.08 Å². The second kappa shape index (κ2) is 7.28. The zero-order valence-corrected chi connectivity index (χ0v) is 13.5. The number of rotatable bonds is 4. The van der Waals surface area contributed by atoms with Crippen molar-refractivity contribution in [3.63, 3.8) is 0 Å². The standard InChI is InChI=1S/C16H10Cl2N2OS/c17-11-4-6-14(18)13(8-11)15-7-5-12(21-15)3-1-2-10(9-19)16(20)22/h1-8H,(H2,20,22). The topological polar surface area (TPSA) is 63.0 Å². The summed E-state index contributed by atoms with van der Waals surface area (Å²) in [5.74, 6) is 1.20. The van der Waals surface area contributed by atoms with Gasteiger partial charge in [0, 0.05) is 10.6 Å². The number of halogens is 2. The van der Waals surface area contributed by atoms with Gasteiger partial charge in [0.25, 0.3) is 0 Å². The second-order valence-electron chi connectivity index (χ2n) is 4.24. The molecule has 0 saturated carbocycles. The van der Waals surface area contributed by atoms with Gasteiger partial charge in [0.2, 0.25) is 0 Å². The van der Waals surface area contributed by atoms with Gasteiger partial charge in [-0.3, -0.25) is 0 Å². The van der Waals surface area contributed by atoms with Gasteiger partial charge >= 0.3 is 0 Å². The minimum Gasteiger partial charge on any atom is -0.457 e. The Bertz CT molecular complexity index is 816. The van der Waals surface area contributed by atoms with Crippen molar-refractivity contribution < 1.29 is 4.42 Å². The summed E-state index contributed by atoms with van der Waals surface area (Å²) >= 11 is 16.8. The van der Waals surface area contributed by atoms with Crippen LogP contribution in [0.1, 0.15) is 5.76 Å². The fraction of sp³-hybridized carbons (Fsp3) is 0. The summed E-state index contributed by atoms with van der Waals surface area (Å²) in [5.41, 5.74) is 6.34. The van der Waals surface area contributed by atoms with Gasteiger partial charge in [0.15, 0.2) is 0 Å². The lowest BCUT2D eigenvalue weighted by Crippen LogP contribution is -2.09. The summed E-state index contributed by atoms with van der Waals surface area (Å²) in [7, 11) is 0. The minimum atomic E-state index is 0.0537. The molecule has 2 rings (SSSR count). The average Bonchev–Trinajstić information content (AvgIpc) is 2.94. The summed E-state index contributed by atoms with van der Waals surface area (Å²) in [6.45, 7) is 0. The number of nitrogens with two attached hydrogens (primary N) is 1. The zero-order valence-electron chi connectivity index (χ0n) is 11.2. The number of hydrogen-bond acceptors (Lipinski definition) is 3. The van der Waals surface area contributed by atoms with Crippen LogP contribution in [0.5, 0.6) is 0 Å². The predicted molar refractivity (Wildman–Crippen MR) is 93.7 cm³/mol. The number of benzene rings is 1. The van der Waals surface area contributed by atoms with Crippen molar-refractivity contribution in [2.45, 2.75) is 0 Å². The molecule has 0 bridgehead atoms. The first kappa shape index (κ1) is 16.3. The molecule has 0 aliphatic heterocycles. The highest BCUT2D eigenvalue weighted by Crippen LogP contribution is 2.32. The van der Waals surface area contributed by atoms with Gasteiger partial charge in [-0.05, 0) is 42.5 Å². The van der Waals surface area contributed by atoms with Crippen LogP contribution in [0.3, 0.4) is 0 Å². The largest absolute Gasteiger partial charge is 0.457 e. The van der Waals surface area contributed by atoms with E-state index in [1.54, 1.807) is 42.5 Å². The molecule has 0 amide bonds. The van der Waals surface area contributed by atoms with Crippen LogP contribution in [-0.2, 0) is 0 Å². The summed E-state index contributed by atoms with van der Waals surface area (Å²) < 4.78 is 5.68. The number of hydrogen-bond donors (Lipinski definition) is 1. The quantitative estimate of drug-likeness (QED) is 0.365. The SMILES string of the molecule is N#CC(=CC=Cc1ccc(-c2cc(Cl)ccc2Cl)o1)C(N)=S. The van der Waals surface area contributed by atoms with Gasteiger partial charge in [-0.1, -0.05) is 41.5 Å². The van der Waals surface area contributed by atoms with Gasteiger partial charge in [-0.2, -0.15) is 5.26 Å². The first-order valence-corrected chi connectivity index (χ1v) is 7.31. The monoisotopic (exact) mass is 348 g/mol. The molecule has 2 N–H and O–H groups in total. The van der Waals surface area contributed by atoms with Gasteiger partial charge in [-0.25, -0.2) is 0 Å². The molecule has 0 fully saturated rings. The Labute approximate surface area is 143 Å². The van der Waals surface area contributed by atoms with Gasteiger partial charge in [0.05, 0.1) is 10.6 Å². The van der Waals surface area contributed by atoms with E-state index in [9.17, 15) is 0 Å². The van der Waals surface area contributed by atoms with Crippen LogP contribution in [0, 0.1) is 11.3 Å². The minimum absolute atomic E-state index is 0.0537. The van der Waals surface area contributed by atoms with Crippen molar-refractivity contribution in [3.8, 4) is 17.4 Å². The molecule has 1 heterocycles. The number of nitrogens with zero attached hydrogens (tertiary/aromatic N) is 1.